The molecule has 4 heteroatoms. The summed E-state index contributed by atoms with van der Waals surface area (Å²) in [6.07, 6.45) is 0.660. The maximum absolute atomic E-state index is 8.83. The molecule has 94 valence electrons. The number of anilines is 1. The Balaban J connectivity index is 2.08. The molecule has 0 radical (unpaired) electrons. The summed E-state index contributed by atoms with van der Waals surface area (Å²) in [6.45, 7) is 0.159. The molecule has 0 amide bonds. The summed E-state index contributed by atoms with van der Waals surface area (Å²) in [6, 6.07) is 13.2. The van der Waals surface area contributed by atoms with Crippen molar-refractivity contribution >= 4 is 5.82 Å². The number of aliphatic hydroxyl groups excluding tert-OH is 1. The van der Waals surface area contributed by atoms with Crippen molar-refractivity contribution in [1.82, 2.24) is 4.98 Å². The fourth-order valence-corrected chi connectivity index (χ4v) is 1.58. The molecule has 4 nitrogen and oxygen atoms in total. The number of ether oxygens (including phenoxy) is 1. The van der Waals surface area contributed by atoms with Crippen molar-refractivity contribution < 1.29 is 9.84 Å². The van der Waals surface area contributed by atoms with Crippen LogP contribution in [0.25, 0.3) is 0 Å². The quantitative estimate of drug-likeness (QED) is 0.848. The molecule has 0 aliphatic rings. The summed E-state index contributed by atoms with van der Waals surface area (Å²) in [5.41, 5.74) is 1.08. The molecule has 0 unspecified atom stereocenters. The Morgan fingerprint density at radius 3 is 2.61 bits per heavy atom. The Hall–Kier alpha value is -2.07. The number of nitrogens with one attached hydrogen (secondary N) is 1. The molecular weight excluding hydrogens is 228 g/mol. The lowest BCUT2D eigenvalue weighted by atomic mass is 10.1. The van der Waals surface area contributed by atoms with Gasteiger partial charge >= 0.3 is 0 Å². The number of rotatable bonds is 5. The fraction of sp³-hybridized carbons (Fsp3) is 0.214. The first kappa shape index (κ1) is 12.4. The summed E-state index contributed by atoms with van der Waals surface area (Å²) in [5, 5.41) is 11.8. The molecule has 0 saturated carbocycles. The van der Waals surface area contributed by atoms with Crippen LogP contribution in [-0.2, 0) is 6.42 Å². The molecule has 2 rings (SSSR count). The minimum Gasteiger partial charge on any atom is -0.439 e. The van der Waals surface area contributed by atoms with Gasteiger partial charge < -0.3 is 15.2 Å². The van der Waals surface area contributed by atoms with E-state index < -0.39 is 0 Å². The second kappa shape index (κ2) is 6.02. The van der Waals surface area contributed by atoms with Gasteiger partial charge in [0.1, 0.15) is 11.6 Å². The molecule has 0 atom stereocenters. The Morgan fingerprint density at radius 1 is 1.17 bits per heavy atom. The van der Waals surface area contributed by atoms with Crippen molar-refractivity contribution in [2.24, 2.45) is 0 Å². The van der Waals surface area contributed by atoms with E-state index in [0.29, 0.717) is 12.3 Å². The first-order chi connectivity index (χ1) is 8.81. The highest BCUT2D eigenvalue weighted by Crippen LogP contribution is 2.21. The van der Waals surface area contributed by atoms with E-state index in [9.17, 15) is 0 Å². The predicted molar refractivity (Wildman–Crippen MR) is 71.1 cm³/mol. The molecule has 2 aromatic rings. The third-order valence-corrected chi connectivity index (χ3v) is 2.53. The van der Waals surface area contributed by atoms with Gasteiger partial charge in [0.2, 0.25) is 5.88 Å². The van der Waals surface area contributed by atoms with E-state index in [1.165, 1.54) is 0 Å². The molecule has 0 spiro atoms. The third kappa shape index (κ3) is 3.21. The van der Waals surface area contributed by atoms with Crippen molar-refractivity contribution in [2.75, 3.05) is 19.0 Å². The van der Waals surface area contributed by atoms with Crippen molar-refractivity contribution in [3.63, 3.8) is 0 Å². The average molecular weight is 244 g/mol. The van der Waals surface area contributed by atoms with Crippen LogP contribution in [0.5, 0.6) is 11.6 Å². The van der Waals surface area contributed by atoms with Gasteiger partial charge in [0, 0.05) is 19.7 Å². The molecule has 2 N–H and O–H groups in total. The van der Waals surface area contributed by atoms with E-state index in [-0.39, 0.29) is 6.61 Å². The maximum Gasteiger partial charge on any atom is 0.221 e. The first-order valence-corrected chi connectivity index (χ1v) is 5.84. The standard InChI is InChI=1S/C14H16N2O2/c1-15-13-3-2-4-14(16-13)18-12-7-5-11(6-8-12)9-10-17/h2-8,17H,9-10H2,1H3,(H,15,16). The van der Waals surface area contributed by atoms with E-state index in [1.54, 1.807) is 0 Å². The van der Waals surface area contributed by atoms with Gasteiger partial charge in [-0.25, -0.2) is 0 Å². The zero-order chi connectivity index (χ0) is 12.8. The molecule has 0 fully saturated rings. The highest BCUT2D eigenvalue weighted by atomic mass is 16.5. The predicted octanol–water partition coefficient (Wildman–Crippen LogP) is 2.45. The third-order valence-electron chi connectivity index (χ3n) is 2.53. The van der Waals surface area contributed by atoms with E-state index in [1.807, 2.05) is 49.5 Å². The van der Waals surface area contributed by atoms with Crippen LogP contribution in [0.15, 0.2) is 42.5 Å². The van der Waals surface area contributed by atoms with Crippen LogP contribution in [0.2, 0.25) is 0 Å². The summed E-state index contributed by atoms with van der Waals surface area (Å²) in [5.74, 6) is 2.05. The first-order valence-electron chi connectivity index (χ1n) is 5.84. The molecule has 18 heavy (non-hydrogen) atoms. The van der Waals surface area contributed by atoms with Gasteiger partial charge in [0.25, 0.3) is 0 Å². The van der Waals surface area contributed by atoms with Gasteiger partial charge in [-0.15, -0.1) is 0 Å². The average Bonchev–Trinajstić information content (AvgIpc) is 2.42. The number of pyridine rings is 1. The molecular formula is C14H16N2O2. The van der Waals surface area contributed by atoms with Crippen molar-refractivity contribution in [3.8, 4) is 11.6 Å². The van der Waals surface area contributed by atoms with Crippen LogP contribution in [0.3, 0.4) is 0 Å². The van der Waals surface area contributed by atoms with Gasteiger partial charge in [0.15, 0.2) is 0 Å². The van der Waals surface area contributed by atoms with Crippen molar-refractivity contribution in [3.05, 3.63) is 48.0 Å². The number of nitrogens with zero attached hydrogens (tertiary/aromatic N) is 1. The van der Waals surface area contributed by atoms with Gasteiger partial charge in [-0.2, -0.15) is 4.98 Å². The zero-order valence-corrected chi connectivity index (χ0v) is 10.3. The smallest absolute Gasteiger partial charge is 0.221 e. The Bertz CT molecular complexity index is 497. The summed E-state index contributed by atoms with van der Waals surface area (Å²) in [4.78, 5) is 4.27. The van der Waals surface area contributed by atoms with E-state index >= 15 is 0 Å². The summed E-state index contributed by atoms with van der Waals surface area (Å²) >= 11 is 0. The minimum atomic E-state index is 0.159. The lowest BCUT2D eigenvalue weighted by molar-refractivity contribution is 0.299. The zero-order valence-electron chi connectivity index (χ0n) is 10.3. The number of benzene rings is 1. The van der Waals surface area contributed by atoms with Crippen molar-refractivity contribution in [2.45, 2.75) is 6.42 Å². The van der Waals surface area contributed by atoms with Gasteiger partial charge in [0.05, 0.1) is 0 Å². The molecule has 1 heterocycles. The van der Waals surface area contributed by atoms with E-state index in [0.717, 1.165) is 17.1 Å². The number of hydrogen-bond acceptors (Lipinski definition) is 4. The highest BCUT2D eigenvalue weighted by Gasteiger charge is 2.00. The lowest BCUT2D eigenvalue weighted by Crippen LogP contribution is -1.94. The minimum absolute atomic E-state index is 0.159. The van der Waals surface area contributed by atoms with Crippen LogP contribution in [0, 0.1) is 0 Å². The number of hydrogen-bond donors (Lipinski definition) is 2. The second-order valence-electron chi connectivity index (χ2n) is 3.83. The van der Waals surface area contributed by atoms with E-state index in [4.69, 9.17) is 9.84 Å². The fourth-order valence-electron chi connectivity index (χ4n) is 1.58. The summed E-state index contributed by atoms with van der Waals surface area (Å²) < 4.78 is 5.64. The molecule has 0 saturated heterocycles. The van der Waals surface area contributed by atoms with Crippen LogP contribution < -0.4 is 10.1 Å². The lowest BCUT2D eigenvalue weighted by Gasteiger charge is -2.07. The normalized spacial score (nSPS) is 10.1. The molecule has 0 aliphatic carbocycles. The van der Waals surface area contributed by atoms with Crippen LogP contribution in [0.4, 0.5) is 5.82 Å². The number of aliphatic hydroxyl groups is 1. The SMILES string of the molecule is CNc1cccc(Oc2ccc(CCO)cc2)n1. The molecule has 1 aromatic carbocycles. The van der Waals surface area contributed by atoms with E-state index in [2.05, 4.69) is 10.3 Å². The Morgan fingerprint density at radius 2 is 1.94 bits per heavy atom. The second-order valence-corrected chi connectivity index (χ2v) is 3.83. The molecule has 0 aliphatic heterocycles. The van der Waals surface area contributed by atoms with Crippen LogP contribution >= 0.6 is 0 Å². The maximum atomic E-state index is 8.83. The van der Waals surface area contributed by atoms with Crippen LogP contribution in [0.1, 0.15) is 5.56 Å². The highest BCUT2D eigenvalue weighted by molar-refractivity contribution is 5.38. The summed E-state index contributed by atoms with van der Waals surface area (Å²) in [7, 11) is 1.82. The number of aromatic nitrogens is 1. The largest absolute Gasteiger partial charge is 0.439 e. The van der Waals surface area contributed by atoms with Crippen LogP contribution in [-0.4, -0.2) is 23.7 Å². The van der Waals surface area contributed by atoms with Crippen molar-refractivity contribution in [1.29, 1.82) is 0 Å². The monoisotopic (exact) mass is 244 g/mol. The Kier molecular flexibility index (Phi) is 4.15. The molecule has 1 aromatic heterocycles. The molecule has 0 bridgehead atoms. The van der Waals surface area contributed by atoms with Gasteiger partial charge in [-0.05, 0) is 30.2 Å². The van der Waals surface area contributed by atoms with Gasteiger partial charge in [-0.1, -0.05) is 18.2 Å². The Labute approximate surface area is 106 Å². The van der Waals surface area contributed by atoms with Gasteiger partial charge in [-0.3, -0.25) is 0 Å². The topological polar surface area (TPSA) is 54.4 Å².